The molecule has 4 aliphatic rings. The van der Waals surface area contributed by atoms with Crippen LogP contribution in [0, 0.1) is 0 Å². The number of aromatic hydroxyl groups is 1. The number of ether oxygens (including phenoxy) is 2. The second kappa shape index (κ2) is 8.72. The van der Waals surface area contributed by atoms with Crippen molar-refractivity contribution in [3.05, 3.63) is 23.8 Å². The molecule has 166 valence electrons. The van der Waals surface area contributed by atoms with Crippen LogP contribution in [0.25, 0.3) is 0 Å². The van der Waals surface area contributed by atoms with Crippen LogP contribution in [0.15, 0.2) is 18.2 Å². The summed E-state index contributed by atoms with van der Waals surface area (Å²) < 4.78 is 38.6. The van der Waals surface area contributed by atoms with Crippen molar-refractivity contribution in [2.45, 2.75) is 62.6 Å². The highest BCUT2D eigenvalue weighted by Crippen LogP contribution is 2.40. The molecule has 8 nitrogen and oxygen atoms in total. The number of fused-ring (bicyclic) bond motifs is 5. The molecule has 30 heavy (non-hydrogen) atoms. The van der Waals surface area contributed by atoms with Crippen molar-refractivity contribution in [3.63, 3.8) is 0 Å². The van der Waals surface area contributed by atoms with E-state index >= 15 is 0 Å². The van der Waals surface area contributed by atoms with E-state index in [0.717, 1.165) is 37.5 Å². The number of benzene rings is 1. The first kappa shape index (κ1) is 21.4. The maximum Gasteiger partial charge on any atom is 0.260 e. The third-order valence-corrected chi connectivity index (χ3v) is 7.16. The fourth-order valence-electron chi connectivity index (χ4n) is 4.97. The Hall–Kier alpha value is -1.84. The summed E-state index contributed by atoms with van der Waals surface area (Å²) in [6.07, 6.45) is 6.20. The van der Waals surface area contributed by atoms with Crippen LogP contribution < -0.4 is 9.46 Å². The number of nitrogens with one attached hydrogen (secondary N) is 1. The van der Waals surface area contributed by atoms with Gasteiger partial charge in [-0.3, -0.25) is 4.79 Å². The third kappa shape index (κ3) is 4.90. The van der Waals surface area contributed by atoms with Gasteiger partial charge in [-0.15, -0.1) is 0 Å². The van der Waals surface area contributed by atoms with Crippen molar-refractivity contribution in [1.82, 2.24) is 9.62 Å². The highest BCUT2D eigenvalue weighted by atomic mass is 32.2. The van der Waals surface area contributed by atoms with E-state index in [0.29, 0.717) is 31.7 Å². The van der Waals surface area contributed by atoms with Crippen LogP contribution in [0.2, 0.25) is 0 Å². The van der Waals surface area contributed by atoms with E-state index < -0.39 is 10.0 Å². The van der Waals surface area contributed by atoms with Gasteiger partial charge in [0.15, 0.2) is 6.61 Å². The molecule has 9 heteroatoms. The van der Waals surface area contributed by atoms with E-state index in [1.165, 1.54) is 0 Å². The minimum atomic E-state index is -3.40. The predicted octanol–water partition coefficient (Wildman–Crippen LogP) is 1.74. The average molecular weight is 439 g/mol. The van der Waals surface area contributed by atoms with Crippen molar-refractivity contribution in [2.24, 2.45) is 0 Å². The molecular formula is C21H30N2O6S. The van der Waals surface area contributed by atoms with Gasteiger partial charge in [-0.2, -0.15) is 0 Å². The quantitative estimate of drug-likeness (QED) is 0.729. The smallest absolute Gasteiger partial charge is 0.260 e. The van der Waals surface area contributed by atoms with Gasteiger partial charge in [0.1, 0.15) is 11.5 Å². The summed E-state index contributed by atoms with van der Waals surface area (Å²) in [6, 6.07) is 4.31. The Balaban J connectivity index is 1.62. The first-order valence-electron chi connectivity index (χ1n) is 10.6. The molecule has 1 aromatic carbocycles. The summed E-state index contributed by atoms with van der Waals surface area (Å²) in [5.41, 5.74) is 0.937. The maximum atomic E-state index is 13.0. The minimum Gasteiger partial charge on any atom is -0.508 e. The van der Waals surface area contributed by atoms with E-state index in [4.69, 9.17) is 9.47 Å². The number of phenols is 1. The van der Waals surface area contributed by atoms with Gasteiger partial charge in [-0.1, -0.05) is 0 Å². The Labute approximate surface area is 177 Å². The van der Waals surface area contributed by atoms with Crippen molar-refractivity contribution < 1.29 is 27.8 Å². The largest absolute Gasteiger partial charge is 0.508 e. The molecule has 0 spiro atoms. The van der Waals surface area contributed by atoms with Crippen LogP contribution in [0.3, 0.4) is 0 Å². The van der Waals surface area contributed by atoms with Crippen molar-refractivity contribution in [2.75, 3.05) is 26.0 Å². The Morgan fingerprint density at radius 3 is 2.67 bits per heavy atom. The molecule has 1 aromatic rings. The molecule has 2 atom stereocenters. The molecule has 0 radical (unpaired) electrons. The number of piperidine rings is 1. The van der Waals surface area contributed by atoms with Crippen molar-refractivity contribution in [1.29, 1.82) is 0 Å². The number of amides is 1. The highest BCUT2D eigenvalue weighted by molar-refractivity contribution is 7.88. The Bertz CT molecular complexity index is 881. The standard InChI is InChI=1S/C21H30N2O6S/c1-30(26,27)22-18-3-2-10-23-19(18)12-28-16-7-4-14(5-8-16)17-11-15(24)6-9-20(17)29-13-21(23)25/h6,9,11,14,16,18-19,22,24H,2-5,7-8,10,12-13H2,1H3/t14?,16?,18-,19-/m0/s1. The zero-order valence-electron chi connectivity index (χ0n) is 17.2. The molecule has 2 fully saturated rings. The average Bonchev–Trinajstić information content (AvgIpc) is 2.71. The maximum absolute atomic E-state index is 13.0. The van der Waals surface area contributed by atoms with E-state index in [1.54, 1.807) is 23.1 Å². The Morgan fingerprint density at radius 1 is 1.17 bits per heavy atom. The van der Waals surface area contributed by atoms with Crippen LogP contribution in [0.4, 0.5) is 0 Å². The van der Waals surface area contributed by atoms with E-state index in [9.17, 15) is 18.3 Å². The molecule has 5 rings (SSSR count). The topological polar surface area (TPSA) is 105 Å². The summed E-state index contributed by atoms with van der Waals surface area (Å²) in [4.78, 5) is 14.7. The fourth-order valence-corrected chi connectivity index (χ4v) is 5.79. The highest BCUT2D eigenvalue weighted by Gasteiger charge is 2.37. The lowest BCUT2D eigenvalue weighted by Crippen LogP contribution is -2.59. The molecule has 2 bridgehead atoms. The first-order valence-corrected chi connectivity index (χ1v) is 12.5. The third-order valence-electron chi connectivity index (χ3n) is 6.43. The normalized spacial score (nSPS) is 30.3. The van der Waals surface area contributed by atoms with Gasteiger partial charge in [0, 0.05) is 18.2 Å². The lowest BCUT2D eigenvalue weighted by molar-refractivity contribution is -0.140. The lowest BCUT2D eigenvalue weighted by atomic mass is 9.82. The Kier molecular flexibility index (Phi) is 6.22. The first-order chi connectivity index (χ1) is 14.3. The van der Waals surface area contributed by atoms with Gasteiger partial charge in [-0.05, 0) is 62.6 Å². The number of carbonyl (C=O) groups excluding carboxylic acids is 1. The SMILES string of the molecule is CS(=O)(=O)N[C@H]1CCCN2C(=O)COc3ccc(O)cc3C3CCC(CC3)OC[C@@H]12. The number of rotatable bonds is 2. The van der Waals surface area contributed by atoms with Gasteiger partial charge in [0.25, 0.3) is 5.91 Å². The van der Waals surface area contributed by atoms with Gasteiger partial charge < -0.3 is 19.5 Å². The fraction of sp³-hybridized carbons (Fsp3) is 0.667. The number of carbonyl (C=O) groups is 1. The van der Waals surface area contributed by atoms with Gasteiger partial charge in [0.05, 0.1) is 25.0 Å². The molecule has 1 saturated carbocycles. The monoisotopic (exact) mass is 438 g/mol. The van der Waals surface area contributed by atoms with E-state index in [-0.39, 0.29) is 42.4 Å². The summed E-state index contributed by atoms with van der Waals surface area (Å²) >= 11 is 0. The van der Waals surface area contributed by atoms with Crippen LogP contribution >= 0.6 is 0 Å². The second-order valence-corrected chi connectivity index (χ2v) is 10.4. The molecule has 3 heterocycles. The summed E-state index contributed by atoms with van der Waals surface area (Å²) in [5.74, 6) is 0.889. The summed E-state index contributed by atoms with van der Waals surface area (Å²) in [7, 11) is -3.40. The number of hydrogen-bond donors (Lipinski definition) is 2. The second-order valence-electron chi connectivity index (χ2n) is 8.61. The molecule has 3 aliphatic heterocycles. The minimum absolute atomic E-state index is 0.0847. The summed E-state index contributed by atoms with van der Waals surface area (Å²) in [6.45, 7) is 0.728. The van der Waals surface area contributed by atoms with Gasteiger partial charge in [0.2, 0.25) is 10.0 Å². The van der Waals surface area contributed by atoms with Crippen molar-refractivity contribution >= 4 is 15.9 Å². The molecular weight excluding hydrogens is 408 g/mol. The molecule has 1 aliphatic carbocycles. The number of sulfonamides is 1. The van der Waals surface area contributed by atoms with E-state index in [2.05, 4.69) is 4.72 Å². The predicted molar refractivity (Wildman–Crippen MR) is 111 cm³/mol. The molecule has 0 aromatic heterocycles. The molecule has 2 N–H and O–H groups in total. The molecule has 1 saturated heterocycles. The molecule has 1 amide bonds. The lowest BCUT2D eigenvalue weighted by Gasteiger charge is -2.41. The number of phenolic OH excluding ortho intramolecular Hbond substituents is 1. The van der Waals surface area contributed by atoms with Gasteiger partial charge >= 0.3 is 0 Å². The van der Waals surface area contributed by atoms with Crippen LogP contribution in [-0.2, 0) is 19.6 Å². The summed E-state index contributed by atoms with van der Waals surface area (Å²) in [5, 5.41) is 9.96. The van der Waals surface area contributed by atoms with E-state index in [1.807, 2.05) is 0 Å². The van der Waals surface area contributed by atoms with Crippen molar-refractivity contribution in [3.8, 4) is 11.5 Å². The number of nitrogens with zero attached hydrogens (tertiary/aromatic N) is 1. The number of hydrogen-bond acceptors (Lipinski definition) is 6. The van der Waals surface area contributed by atoms with Crippen LogP contribution in [-0.4, -0.2) is 68.5 Å². The Morgan fingerprint density at radius 2 is 1.93 bits per heavy atom. The van der Waals surface area contributed by atoms with Crippen LogP contribution in [0.1, 0.15) is 50.0 Å². The van der Waals surface area contributed by atoms with Crippen LogP contribution in [0.5, 0.6) is 11.5 Å². The zero-order chi connectivity index (χ0) is 21.3. The van der Waals surface area contributed by atoms with Gasteiger partial charge in [-0.25, -0.2) is 13.1 Å². The molecule has 0 unspecified atom stereocenters. The zero-order valence-corrected chi connectivity index (χ0v) is 18.1.